The van der Waals surface area contributed by atoms with Crippen molar-refractivity contribution in [2.45, 2.75) is 6.92 Å². The van der Waals surface area contributed by atoms with Gasteiger partial charge in [-0.3, -0.25) is 9.89 Å². The Kier molecular flexibility index (Phi) is 4.70. The quantitative estimate of drug-likeness (QED) is 0.508. The first kappa shape index (κ1) is 18.0. The molecule has 0 saturated carbocycles. The molecular weight excluding hydrogens is 382 g/mol. The van der Waals surface area contributed by atoms with Crippen LogP contribution in [0.3, 0.4) is 0 Å². The van der Waals surface area contributed by atoms with Crippen LogP contribution >= 0.6 is 11.3 Å². The number of hydrogen-bond acceptors (Lipinski definition) is 4. The molecule has 0 atom stereocenters. The van der Waals surface area contributed by atoms with Crippen molar-refractivity contribution in [3.63, 3.8) is 0 Å². The molecule has 0 unspecified atom stereocenters. The van der Waals surface area contributed by atoms with E-state index in [0.29, 0.717) is 5.69 Å². The number of para-hydroxylation sites is 1. The summed E-state index contributed by atoms with van der Waals surface area (Å²) in [5, 5.41) is 12.2. The lowest BCUT2D eigenvalue weighted by molar-refractivity contribution is 0.102. The topological polar surface area (TPSA) is 70.7 Å². The van der Waals surface area contributed by atoms with Gasteiger partial charge < -0.3 is 5.32 Å². The monoisotopic (exact) mass is 396 g/mol. The summed E-state index contributed by atoms with van der Waals surface area (Å²) < 4.78 is 27.0. The number of hydrogen-bond donors (Lipinski definition) is 2. The molecule has 28 heavy (non-hydrogen) atoms. The van der Waals surface area contributed by atoms with Gasteiger partial charge in [0, 0.05) is 22.6 Å². The fourth-order valence-corrected chi connectivity index (χ4v) is 3.38. The summed E-state index contributed by atoms with van der Waals surface area (Å²) in [5.74, 6) is -1.85. The molecule has 0 spiro atoms. The Labute approximate surface area is 163 Å². The smallest absolute Gasteiger partial charge is 0.273 e. The minimum Gasteiger partial charge on any atom is -0.320 e. The summed E-state index contributed by atoms with van der Waals surface area (Å²) in [6, 6.07) is 11.9. The molecule has 2 aromatic heterocycles. The summed E-state index contributed by atoms with van der Waals surface area (Å²) in [6.45, 7) is 1.91. The fourth-order valence-electron chi connectivity index (χ4n) is 2.77. The lowest BCUT2D eigenvalue weighted by Crippen LogP contribution is -2.13. The number of aryl methyl sites for hydroxylation is 1. The summed E-state index contributed by atoms with van der Waals surface area (Å²) >= 11 is 1.52. The second-order valence-electron chi connectivity index (χ2n) is 6.04. The molecule has 0 saturated heterocycles. The van der Waals surface area contributed by atoms with Crippen molar-refractivity contribution in [2.24, 2.45) is 0 Å². The van der Waals surface area contributed by atoms with E-state index in [1.54, 1.807) is 6.07 Å². The summed E-state index contributed by atoms with van der Waals surface area (Å²) in [7, 11) is 0. The first-order valence-electron chi connectivity index (χ1n) is 8.35. The molecule has 5 nitrogen and oxygen atoms in total. The minimum absolute atomic E-state index is 0.107. The van der Waals surface area contributed by atoms with E-state index in [4.69, 9.17) is 0 Å². The zero-order valence-corrected chi connectivity index (χ0v) is 15.5. The van der Waals surface area contributed by atoms with Gasteiger partial charge in [0.1, 0.15) is 17.3 Å². The van der Waals surface area contributed by atoms with Crippen LogP contribution in [0.25, 0.3) is 22.5 Å². The molecule has 1 amide bonds. The number of H-pyrrole nitrogens is 1. The molecule has 0 aliphatic carbocycles. The highest BCUT2D eigenvalue weighted by atomic mass is 32.1. The standard InChI is InChI=1S/C20H14F2N4OS/c1-11-23-19(10-28-11)14-4-2-3-5-16(14)24-20(27)18-9-17(25-26-18)13-7-6-12(21)8-15(13)22/h2-10H,1H3,(H,24,27)(H,25,26). The van der Waals surface area contributed by atoms with Crippen molar-refractivity contribution in [1.82, 2.24) is 15.2 Å². The highest BCUT2D eigenvalue weighted by Gasteiger charge is 2.16. The maximum absolute atomic E-state index is 13.9. The van der Waals surface area contributed by atoms with E-state index in [9.17, 15) is 13.6 Å². The third-order valence-corrected chi connectivity index (χ3v) is 4.87. The normalized spacial score (nSPS) is 10.8. The Morgan fingerprint density at radius 1 is 1.07 bits per heavy atom. The zero-order valence-electron chi connectivity index (χ0n) is 14.7. The molecule has 0 bridgehead atoms. The number of thiazole rings is 1. The van der Waals surface area contributed by atoms with E-state index in [1.807, 2.05) is 30.5 Å². The van der Waals surface area contributed by atoms with Crippen molar-refractivity contribution in [2.75, 3.05) is 5.32 Å². The highest BCUT2D eigenvalue weighted by molar-refractivity contribution is 7.09. The van der Waals surface area contributed by atoms with E-state index >= 15 is 0 Å². The van der Waals surface area contributed by atoms with Crippen LogP contribution in [0.2, 0.25) is 0 Å². The Hall–Kier alpha value is -3.39. The van der Waals surface area contributed by atoms with Gasteiger partial charge in [0.15, 0.2) is 0 Å². The number of carbonyl (C=O) groups is 1. The Morgan fingerprint density at radius 2 is 1.89 bits per heavy atom. The van der Waals surface area contributed by atoms with Crippen LogP contribution < -0.4 is 5.32 Å². The third kappa shape index (κ3) is 3.54. The van der Waals surface area contributed by atoms with Crippen LogP contribution in [0.15, 0.2) is 53.9 Å². The average Bonchev–Trinajstić information content (AvgIpc) is 3.31. The van der Waals surface area contributed by atoms with Crippen molar-refractivity contribution in [1.29, 1.82) is 0 Å². The number of amides is 1. The van der Waals surface area contributed by atoms with Gasteiger partial charge in [-0.25, -0.2) is 13.8 Å². The fraction of sp³-hybridized carbons (Fsp3) is 0.0500. The van der Waals surface area contributed by atoms with Crippen LogP contribution in [0.5, 0.6) is 0 Å². The molecule has 0 fully saturated rings. The van der Waals surface area contributed by atoms with Gasteiger partial charge in [0.25, 0.3) is 5.91 Å². The number of benzene rings is 2. The van der Waals surface area contributed by atoms with Crippen LogP contribution in [0.4, 0.5) is 14.5 Å². The molecule has 4 aromatic rings. The molecule has 2 heterocycles. The number of aromatic nitrogens is 3. The highest BCUT2D eigenvalue weighted by Crippen LogP contribution is 2.29. The summed E-state index contributed by atoms with van der Waals surface area (Å²) in [6.07, 6.45) is 0. The molecular formula is C20H14F2N4OS. The van der Waals surface area contributed by atoms with E-state index < -0.39 is 17.5 Å². The number of nitrogens with zero attached hydrogens (tertiary/aromatic N) is 2. The van der Waals surface area contributed by atoms with Crippen molar-refractivity contribution in [3.05, 3.63) is 76.2 Å². The first-order valence-corrected chi connectivity index (χ1v) is 9.23. The SMILES string of the molecule is Cc1nc(-c2ccccc2NC(=O)c2cc(-c3ccc(F)cc3F)n[nH]2)cs1. The predicted molar refractivity (Wildman–Crippen MR) is 104 cm³/mol. The van der Waals surface area contributed by atoms with Gasteiger partial charge in [-0.1, -0.05) is 18.2 Å². The van der Waals surface area contributed by atoms with Crippen LogP contribution in [0, 0.1) is 18.6 Å². The molecule has 140 valence electrons. The van der Waals surface area contributed by atoms with Crippen molar-refractivity contribution >= 4 is 22.9 Å². The molecule has 4 rings (SSSR count). The molecule has 0 aliphatic rings. The summed E-state index contributed by atoms with van der Waals surface area (Å²) in [4.78, 5) is 17.1. The second-order valence-corrected chi connectivity index (χ2v) is 7.10. The number of carbonyl (C=O) groups excluding carboxylic acids is 1. The average molecular weight is 396 g/mol. The van der Waals surface area contributed by atoms with Crippen LogP contribution in [-0.4, -0.2) is 21.1 Å². The molecule has 0 aliphatic heterocycles. The molecule has 8 heteroatoms. The number of aromatic amines is 1. The van der Waals surface area contributed by atoms with Gasteiger partial charge in [-0.05, 0) is 31.2 Å². The number of nitrogens with one attached hydrogen (secondary N) is 2. The second kappa shape index (κ2) is 7.32. The Morgan fingerprint density at radius 3 is 2.64 bits per heavy atom. The van der Waals surface area contributed by atoms with Crippen LogP contribution in [-0.2, 0) is 0 Å². The van der Waals surface area contributed by atoms with Crippen molar-refractivity contribution < 1.29 is 13.6 Å². The number of halogens is 2. The largest absolute Gasteiger partial charge is 0.320 e. The maximum atomic E-state index is 13.9. The first-order chi connectivity index (χ1) is 13.5. The Balaban J connectivity index is 1.60. The number of rotatable bonds is 4. The van der Waals surface area contributed by atoms with E-state index in [2.05, 4.69) is 20.5 Å². The minimum atomic E-state index is -0.747. The zero-order chi connectivity index (χ0) is 19.7. The summed E-state index contributed by atoms with van der Waals surface area (Å²) in [5.41, 5.74) is 2.65. The van der Waals surface area contributed by atoms with E-state index in [1.165, 1.54) is 23.5 Å². The lowest BCUT2D eigenvalue weighted by Gasteiger charge is -2.08. The molecule has 0 radical (unpaired) electrons. The maximum Gasteiger partial charge on any atom is 0.273 e. The van der Waals surface area contributed by atoms with Gasteiger partial charge >= 0.3 is 0 Å². The molecule has 2 N–H and O–H groups in total. The van der Waals surface area contributed by atoms with Gasteiger partial charge in [-0.2, -0.15) is 5.10 Å². The Bertz CT molecular complexity index is 1170. The van der Waals surface area contributed by atoms with Gasteiger partial charge in [0.2, 0.25) is 0 Å². The van der Waals surface area contributed by atoms with Crippen LogP contribution in [0.1, 0.15) is 15.5 Å². The third-order valence-electron chi connectivity index (χ3n) is 4.10. The molecule has 2 aromatic carbocycles. The van der Waals surface area contributed by atoms with Crippen molar-refractivity contribution in [3.8, 4) is 22.5 Å². The van der Waals surface area contributed by atoms with Gasteiger partial charge in [-0.15, -0.1) is 11.3 Å². The van der Waals surface area contributed by atoms with Gasteiger partial charge in [0.05, 0.1) is 22.1 Å². The predicted octanol–water partition coefficient (Wildman–Crippen LogP) is 5.04. The van der Waals surface area contributed by atoms with E-state index in [0.717, 1.165) is 28.4 Å². The lowest BCUT2D eigenvalue weighted by atomic mass is 10.1. The van der Waals surface area contributed by atoms with E-state index in [-0.39, 0.29) is 17.0 Å². The number of anilines is 1.